The standard InChI is InChI=1S/C19H20N2O2S/c1-14-18(16-9-5-6-10-17(16)21-14)19(11-12-19)13-20-24(22,23)15-7-3-2-4-8-15/h2-10,20-21H,11-13H2,1H3. The molecular formula is C19H20N2O2S. The molecule has 0 aliphatic heterocycles. The van der Waals surface area contributed by atoms with E-state index < -0.39 is 10.0 Å². The number of benzene rings is 2. The quantitative estimate of drug-likeness (QED) is 0.747. The van der Waals surface area contributed by atoms with E-state index >= 15 is 0 Å². The summed E-state index contributed by atoms with van der Waals surface area (Å²) >= 11 is 0. The van der Waals surface area contributed by atoms with E-state index in [1.54, 1.807) is 24.3 Å². The third kappa shape index (κ3) is 2.54. The molecule has 4 rings (SSSR count). The fourth-order valence-corrected chi connectivity index (χ4v) is 4.69. The first-order chi connectivity index (χ1) is 11.5. The zero-order valence-corrected chi connectivity index (χ0v) is 14.4. The van der Waals surface area contributed by atoms with Gasteiger partial charge in [0.25, 0.3) is 0 Å². The highest BCUT2D eigenvalue weighted by Crippen LogP contribution is 2.51. The number of hydrogen-bond donors (Lipinski definition) is 2. The molecule has 2 N–H and O–H groups in total. The summed E-state index contributed by atoms with van der Waals surface area (Å²) in [6, 6.07) is 16.8. The number of nitrogens with one attached hydrogen (secondary N) is 2. The molecule has 24 heavy (non-hydrogen) atoms. The highest BCUT2D eigenvalue weighted by Gasteiger charge is 2.47. The van der Waals surface area contributed by atoms with Crippen molar-refractivity contribution in [3.63, 3.8) is 0 Å². The molecule has 0 amide bonds. The van der Waals surface area contributed by atoms with Crippen LogP contribution in [0.2, 0.25) is 0 Å². The molecule has 1 aliphatic rings. The molecule has 0 spiro atoms. The van der Waals surface area contributed by atoms with Crippen LogP contribution >= 0.6 is 0 Å². The highest BCUT2D eigenvalue weighted by molar-refractivity contribution is 7.89. The summed E-state index contributed by atoms with van der Waals surface area (Å²) in [7, 11) is -3.47. The number of fused-ring (bicyclic) bond motifs is 1. The minimum atomic E-state index is -3.47. The van der Waals surface area contributed by atoms with Crippen molar-refractivity contribution in [1.82, 2.24) is 9.71 Å². The first-order valence-electron chi connectivity index (χ1n) is 8.14. The van der Waals surface area contributed by atoms with Crippen LogP contribution in [0.3, 0.4) is 0 Å². The topological polar surface area (TPSA) is 62.0 Å². The van der Waals surface area contributed by atoms with Crippen LogP contribution in [-0.2, 0) is 15.4 Å². The second-order valence-electron chi connectivity index (χ2n) is 6.59. The molecule has 0 bridgehead atoms. The molecule has 1 saturated carbocycles. The summed E-state index contributed by atoms with van der Waals surface area (Å²) in [5, 5.41) is 1.20. The van der Waals surface area contributed by atoms with E-state index in [1.165, 1.54) is 10.9 Å². The van der Waals surface area contributed by atoms with Gasteiger partial charge in [-0.2, -0.15) is 0 Å². The Morgan fingerprint density at radius 1 is 1.04 bits per heavy atom. The molecule has 1 fully saturated rings. The van der Waals surface area contributed by atoms with Crippen LogP contribution in [0.25, 0.3) is 10.9 Å². The van der Waals surface area contributed by atoms with E-state index in [9.17, 15) is 8.42 Å². The van der Waals surface area contributed by atoms with E-state index in [0.29, 0.717) is 11.4 Å². The van der Waals surface area contributed by atoms with Crippen LogP contribution in [-0.4, -0.2) is 19.9 Å². The molecule has 4 nitrogen and oxygen atoms in total. The fourth-order valence-electron chi connectivity index (χ4n) is 3.54. The minimum Gasteiger partial charge on any atom is -0.358 e. The van der Waals surface area contributed by atoms with Crippen LogP contribution in [0.5, 0.6) is 0 Å². The number of para-hydroxylation sites is 1. The SMILES string of the molecule is Cc1[nH]c2ccccc2c1C1(CNS(=O)(=O)c2ccccc2)CC1. The van der Waals surface area contributed by atoms with Crippen molar-refractivity contribution in [3.05, 3.63) is 65.9 Å². The average molecular weight is 340 g/mol. The molecular weight excluding hydrogens is 320 g/mol. The van der Waals surface area contributed by atoms with Gasteiger partial charge in [-0.3, -0.25) is 0 Å². The lowest BCUT2D eigenvalue weighted by molar-refractivity contribution is 0.567. The van der Waals surface area contributed by atoms with Gasteiger partial charge < -0.3 is 4.98 Å². The third-order valence-corrected chi connectivity index (χ3v) is 6.35. The summed E-state index contributed by atoms with van der Waals surface area (Å²) < 4.78 is 27.8. The molecule has 1 aliphatic carbocycles. The number of sulfonamides is 1. The third-order valence-electron chi connectivity index (χ3n) is 4.93. The van der Waals surface area contributed by atoms with Gasteiger partial charge in [-0.25, -0.2) is 13.1 Å². The largest absolute Gasteiger partial charge is 0.358 e. The number of H-pyrrole nitrogens is 1. The van der Waals surface area contributed by atoms with Gasteiger partial charge in [0.05, 0.1) is 4.90 Å². The molecule has 1 heterocycles. The maximum Gasteiger partial charge on any atom is 0.240 e. The first-order valence-corrected chi connectivity index (χ1v) is 9.63. The predicted molar refractivity (Wildman–Crippen MR) is 95.6 cm³/mol. The average Bonchev–Trinajstić information content (AvgIpc) is 3.29. The normalized spacial score (nSPS) is 16.4. The number of rotatable bonds is 5. The predicted octanol–water partition coefficient (Wildman–Crippen LogP) is 3.49. The van der Waals surface area contributed by atoms with Gasteiger partial charge in [0.15, 0.2) is 0 Å². The van der Waals surface area contributed by atoms with Gasteiger partial charge in [-0.1, -0.05) is 36.4 Å². The molecule has 2 aromatic carbocycles. The lowest BCUT2D eigenvalue weighted by Crippen LogP contribution is -2.32. The van der Waals surface area contributed by atoms with Crippen molar-refractivity contribution in [2.75, 3.05) is 6.54 Å². The fraction of sp³-hybridized carbons (Fsp3) is 0.263. The van der Waals surface area contributed by atoms with Crippen molar-refractivity contribution in [1.29, 1.82) is 0 Å². The number of aromatic nitrogens is 1. The minimum absolute atomic E-state index is 0.0917. The Bertz CT molecular complexity index is 987. The van der Waals surface area contributed by atoms with Gasteiger partial charge >= 0.3 is 0 Å². The monoisotopic (exact) mass is 340 g/mol. The molecule has 0 atom stereocenters. The van der Waals surface area contributed by atoms with E-state index in [2.05, 4.69) is 28.8 Å². The Morgan fingerprint density at radius 2 is 1.71 bits per heavy atom. The summed E-state index contributed by atoms with van der Waals surface area (Å²) in [6.07, 6.45) is 2.01. The Balaban J connectivity index is 1.64. The van der Waals surface area contributed by atoms with Gasteiger partial charge in [-0.15, -0.1) is 0 Å². The smallest absolute Gasteiger partial charge is 0.240 e. The Morgan fingerprint density at radius 3 is 2.42 bits per heavy atom. The van der Waals surface area contributed by atoms with E-state index in [1.807, 2.05) is 18.2 Å². The maximum absolute atomic E-state index is 12.5. The number of aromatic amines is 1. The van der Waals surface area contributed by atoms with Crippen molar-refractivity contribution in [2.24, 2.45) is 0 Å². The maximum atomic E-state index is 12.5. The van der Waals surface area contributed by atoms with Gasteiger partial charge in [0, 0.05) is 28.6 Å². The van der Waals surface area contributed by atoms with Crippen LogP contribution in [0.4, 0.5) is 0 Å². The van der Waals surface area contributed by atoms with E-state index in [4.69, 9.17) is 0 Å². The van der Waals surface area contributed by atoms with Crippen molar-refractivity contribution < 1.29 is 8.42 Å². The number of aryl methyl sites for hydroxylation is 1. The van der Waals surface area contributed by atoms with Crippen molar-refractivity contribution in [2.45, 2.75) is 30.1 Å². The highest BCUT2D eigenvalue weighted by atomic mass is 32.2. The zero-order chi connectivity index (χ0) is 16.8. The van der Waals surface area contributed by atoms with E-state index in [0.717, 1.165) is 24.1 Å². The first kappa shape index (κ1) is 15.4. The second kappa shape index (κ2) is 5.46. The van der Waals surface area contributed by atoms with Gasteiger partial charge in [0.1, 0.15) is 0 Å². The summed E-state index contributed by atoms with van der Waals surface area (Å²) in [5.41, 5.74) is 3.41. The molecule has 0 radical (unpaired) electrons. The lowest BCUT2D eigenvalue weighted by atomic mass is 9.93. The number of hydrogen-bond acceptors (Lipinski definition) is 2. The Hall–Kier alpha value is -2.11. The van der Waals surface area contributed by atoms with Crippen LogP contribution in [0.1, 0.15) is 24.1 Å². The molecule has 1 aromatic heterocycles. The van der Waals surface area contributed by atoms with Gasteiger partial charge in [-0.05, 0) is 43.5 Å². The molecule has 5 heteroatoms. The molecule has 3 aromatic rings. The van der Waals surface area contributed by atoms with E-state index in [-0.39, 0.29) is 5.41 Å². The van der Waals surface area contributed by atoms with Gasteiger partial charge in [0.2, 0.25) is 10.0 Å². The summed E-state index contributed by atoms with van der Waals surface area (Å²) in [6.45, 7) is 2.51. The zero-order valence-electron chi connectivity index (χ0n) is 13.5. The molecule has 0 saturated heterocycles. The van der Waals surface area contributed by atoms with Crippen molar-refractivity contribution >= 4 is 20.9 Å². The van der Waals surface area contributed by atoms with Crippen molar-refractivity contribution in [3.8, 4) is 0 Å². The van der Waals surface area contributed by atoms with Crippen LogP contribution in [0.15, 0.2) is 59.5 Å². The van der Waals surface area contributed by atoms with Crippen LogP contribution in [0, 0.1) is 6.92 Å². The molecule has 124 valence electrons. The summed E-state index contributed by atoms with van der Waals surface area (Å²) in [5.74, 6) is 0. The van der Waals surface area contributed by atoms with Crippen LogP contribution < -0.4 is 4.72 Å². The Labute approximate surface area is 142 Å². The Kier molecular flexibility index (Phi) is 3.51. The lowest BCUT2D eigenvalue weighted by Gasteiger charge is -2.17. The molecule has 0 unspecified atom stereocenters. The second-order valence-corrected chi connectivity index (χ2v) is 8.36. The summed E-state index contributed by atoms with van der Waals surface area (Å²) in [4.78, 5) is 3.74.